The molecule has 0 saturated heterocycles. The number of nitrogens with one attached hydrogen (secondary N) is 5. The van der Waals surface area contributed by atoms with Crippen molar-refractivity contribution in [2.45, 2.75) is 19.8 Å². The van der Waals surface area contributed by atoms with E-state index in [0.717, 1.165) is 34.0 Å². The van der Waals surface area contributed by atoms with Crippen molar-refractivity contribution in [3.8, 4) is 0 Å². The van der Waals surface area contributed by atoms with Crippen LogP contribution in [0.5, 0.6) is 0 Å². The number of benzene rings is 1. The molecule has 1 aromatic carbocycles. The van der Waals surface area contributed by atoms with Gasteiger partial charge in [-0.25, -0.2) is 0 Å². The molecule has 0 amide bonds. The molecule has 24 heavy (non-hydrogen) atoms. The minimum absolute atomic E-state index is 0.225. The van der Waals surface area contributed by atoms with Crippen LogP contribution in [0.3, 0.4) is 0 Å². The average molecular weight is 325 g/mol. The molecule has 0 radical (unpaired) electrons. The maximum atomic E-state index is 3.79. The monoisotopic (exact) mass is 325 g/mol. The molecule has 0 aliphatic heterocycles. The third-order valence-electron chi connectivity index (χ3n) is 3.35. The van der Waals surface area contributed by atoms with Crippen molar-refractivity contribution in [2.75, 3.05) is 26.6 Å². The van der Waals surface area contributed by atoms with Gasteiger partial charge in [-0.1, -0.05) is 46.7 Å². The molecular formula is C19H27N5. The van der Waals surface area contributed by atoms with Gasteiger partial charge < -0.3 is 26.6 Å². The summed E-state index contributed by atoms with van der Waals surface area (Å²) < 4.78 is 0. The zero-order valence-electron chi connectivity index (χ0n) is 14.5. The summed E-state index contributed by atoms with van der Waals surface area (Å²) >= 11 is 0. The summed E-state index contributed by atoms with van der Waals surface area (Å²) in [5, 5.41) is 16.0. The molecule has 1 aromatic rings. The molecule has 128 valence electrons. The van der Waals surface area contributed by atoms with Crippen LogP contribution >= 0.6 is 0 Å². The third-order valence-corrected chi connectivity index (χ3v) is 3.35. The van der Waals surface area contributed by atoms with E-state index in [1.54, 1.807) is 31.0 Å². The molecule has 0 spiro atoms. The van der Waals surface area contributed by atoms with Crippen LogP contribution in [0.1, 0.15) is 25.3 Å². The van der Waals surface area contributed by atoms with Gasteiger partial charge in [0.25, 0.3) is 0 Å². The summed E-state index contributed by atoms with van der Waals surface area (Å²) in [7, 11) is 0. The van der Waals surface area contributed by atoms with E-state index in [-0.39, 0.29) is 5.92 Å². The normalized spacial score (nSPS) is 9.62. The first-order chi connectivity index (χ1) is 11.6. The predicted octanol–water partition coefficient (Wildman–Crippen LogP) is 5.59. The predicted molar refractivity (Wildman–Crippen MR) is 110 cm³/mol. The highest BCUT2D eigenvalue weighted by Gasteiger charge is 2.24. The molecule has 0 fully saturated rings. The lowest BCUT2D eigenvalue weighted by molar-refractivity contribution is 0.872. The lowest BCUT2D eigenvalue weighted by Crippen LogP contribution is -2.11. The van der Waals surface area contributed by atoms with Gasteiger partial charge in [0.1, 0.15) is 0 Å². The van der Waals surface area contributed by atoms with Crippen LogP contribution in [0, 0.1) is 0 Å². The number of hydrogen-bond acceptors (Lipinski definition) is 5. The Hall–Kier alpha value is -3.08. The second kappa shape index (κ2) is 9.15. The highest BCUT2D eigenvalue weighted by molar-refractivity contribution is 6.02. The zero-order chi connectivity index (χ0) is 18.1. The largest absolute Gasteiger partial charge is 0.360 e. The summed E-state index contributed by atoms with van der Waals surface area (Å²) in [5.41, 5.74) is 5.30. The number of hydrogen-bond donors (Lipinski definition) is 5. The van der Waals surface area contributed by atoms with Gasteiger partial charge in [0.05, 0.1) is 28.4 Å². The third kappa shape index (κ3) is 3.81. The summed E-state index contributed by atoms with van der Waals surface area (Å²) in [4.78, 5) is 0. The van der Waals surface area contributed by atoms with Crippen molar-refractivity contribution in [2.24, 2.45) is 0 Å². The standard InChI is InChI=1S/C19H27N5/c1-8-20-15-14(13(6)7)16(21-9-2)18(23-11-4)19(24-12-5)17(15)22-10-3/h8-13,20-24H,1-5H2,6-7H3. The molecule has 0 bridgehead atoms. The maximum absolute atomic E-state index is 3.79. The first-order valence-electron chi connectivity index (χ1n) is 7.68. The molecule has 0 unspecified atom stereocenters. The summed E-state index contributed by atoms with van der Waals surface area (Å²) in [6.07, 6.45) is 8.15. The van der Waals surface area contributed by atoms with E-state index in [1.165, 1.54) is 0 Å². The van der Waals surface area contributed by atoms with Crippen LogP contribution < -0.4 is 26.6 Å². The van der Waals surface area contributed by atoms with Crippen molar-refractivity contribution in [1.29, 1.82) is 0 Å². The van der Waals surface area contributed by atoms with Crippen LogP contribution in [-0.2, 0) is 0 Å². The lowest BCUT2D eigenvalue weighted by Gasteiger charge is -2.27. The van der Waals surface area contributed by atoms with Gasteiger partial charge >= 0.3 is 0 Å². The fraction of sp³-hybridized carbons (Fsp3) is 0.158. The van der Waals surface area contributed by atoms with Crippen molar-refractivity contribution in [1.82, 2.24) is 0 Å². The van der Waals surface area contributed by atoms with Gasteiger partial charge in [-0.3, -0.25) is 0 Å². The molecule has 5 heteroatoms. The Labute approximate surface area is 144 Å². The maximum Gasteiger partial charge on any atom is 0.0901 e. The molecular weight excluding hydrogens is 298 g/mol. The average Bonchev–Trinajstić information content (AvgIpc) is 2.54. The Balaban J connectivity index is 3.98. The first-order valence-corrected chi connectivity index (χ1v) is 7.68. The van der Waals surface area contributed by atoms with E-state index in [4.69, 9.17) is 0 Å². The van der Waals surface area contributed by atoms with E-state index >= 15 is 0 Å². The Bertz CT molecular complexity index is 599. The molecule has 0 saturated carbocycles. The van der Waals surface area contributed by atoms with Gasteiger partial charge in [0.2, 0.25) is 0 Å². The van der Waals surface area contributed by atoms with Gasteiger partial charge in [0, 0.05) is 5.56 Å². The van der Waals surface area contributed by atoms with E-state index in [9.17, 15) is 0 Å². The van der Waals surface area contributed by atoms with Crippen LogP contribution in [0.15, 0.2) is 63.9 Å². The van der Waals surface area contributed by atoms with E-state index in [0.29, 0.717) is 0 Å². The number of rotatable bonds is 11. The van der Waals surface area contributed by atoms with Gasteiger partial charge in [0.15, 0.2) is 0 Å². The molecule has 0 aliphatic carbocycles. The molecule has 0 atom stereocenters. The molecule has 0 heterocycles. The molecule has 0 aromatic heterocycles. The quantitative estimate of drug-likeness (QED) is 0.367. The molecule has 0 aliphatic rings. The van der Waals surface area contributed by atoms with Crippen LogP contribution in [0.4, 0.5) is 28.4 Å². The van der Waals surface area contributed by atoms with Crippen LogP contribution in [0.25, 0.3) is 0 Å². The first kappa shape index (κ1) is 19.0. The fourth-order valence-corrected chi connectivity index (χ4v) is 2.59. The lowest BCUT2D eigenvalue weighted by atomic mass is 9.94. The smallest absolute Gasteiger partial charge is 0.0901 e. The summed E-state index contributed by atoms with van der Waals surface area (Å²) in [6, 6.07) is 0. The van der Waals surface area contributed by atoms with Gasteiger partial charge in [-0.2, -0.15) is 0 Å². The Morgan fingerprint density at radius 2 is 0.792 bits per heavy atom. The second-order valence-corrected chi connectivity index (χ2v) is 5.19. The molecule has 5 N–H and O–H groups in total. The van der Waals surface area contributed by atoms with Gasteiger partial charge in [-0.15, -0.1) is 0 Å². The topological polar surface area (TPSA) is 60.1 Å². The highest BCUT2D eigenvalue weighted by atomic mass is 15.0. The van der Waals surface area contributed by atoms with Crippen LogP contribution in [0.2, 0.25) is 0 Å². The van der Waals surface area contributed by atoms with Crippen molar-refractivity contribution in [3.63, 3.8) is 0 Å². The Kier molecular flexibility index (Phi) is 7.23. The number of anilines is 5. The Morgan fingerprint density at radius 3 is 1.04 bits per heavy atom. The van der Waals surface area contributed by atoms with Crippen molar-refractivity contribution < 1.29 is 0 Å². The minimum Gasteiger partial charge on any atom is -0.360 e. The Morgan fingerprint density at radius 1 is 0.542 bits per heavy atom. The van der Waals surface area contributed by atoms with Crippen LogP contribution in [-0.4, -0.2) is 0 Å². The summed E-state index contributed by atoms with van der Waals surface area (Å²) in [5.74, 6) is 0.225. The fourth-order valence-electron chi connectivity index (χ4n) is 2.59. The summed E-state index contributed by atoms with van der Waals surface area (Å²) in [6.45, 7) is 23.1. The second-order valence-electron chi connectivity index (χ2n) is 5.19. The molecule has 1 rings (SSSR count). The zero-order valence-corrected chi connectivity index (χ0v) is 14.5. The van der Waals surface area contributed by atoms with Gasteiger partial charge in [-0.05, 0) is 36.9 Å². The SMILES string of the molecule is C=CNc1c(NC=C)c(NC=C)c(C(C)C)c(NC=C)c1NC=C. The minimum atomic E-state index is 0.225. The highest BCUT2D eigenvalue weighted by Crippen LogP contribution is 2.49. The van der Waals surface area contributed by atoms with Crippen molar-refractivity contribution >= 4 is 28.4 Å². The van der Waals surface area contributed by atoms with Crippen molar-refractivity contribution in [3.05, 3.63) is 69.5 Å². The molecule has 5 nitrogen and oxygen atoms in total. The van der Waals surface area contributed by atoms with E-state index in [1.807, 2.05) is 0 Å². The van der Waals surface area contributed by atoms with E-state index < -0.39 is 0 Å². The van der Waals surface area contributed by atoms with E-state index in [2.05, 4.69) is 73.3 Å².